The van der Waals surface area contributed by atoms with Crippen LogP contribution in [0.5, 0.6) is 0 Å². The summed E-state index contributed by atoms with van der Waals surface area (Å²) in [5, 5.41) is 0.804. The summed E-state index contributed by atoms with van der Waals surface area (Å²) in [5.74, 6) is 1.00. The molecule has 3 rings (SSSR count). The van der Waals surface area contributed by atoms with E-state index in [1.165, 1.54) is 5.69 Å². The lowest BCUT2D eigenvalue weighted by atomic mass is 10.2. The van der Waals surface area contributed by atoms with Gasteiger partial charge >= 0.3 is 0 Å². The molecule has 0 N–H and O–H groups in total. The number of nitrogens with zero attached hydrogens (tertiary/aromatic N) is 4. The second-order valence-corrected chi connectivity index (χ2v) is 5.92. The maximum Gasteiger partial charge on any atom is 0.189 e. The largest absolute Gasteiger partial charge is 0.368 e. The molecule has 2 aromatic rings. The van der Waals surface area contributed by atoms with Crippen LogP contribution in [-0.4, -0.2) is 42.4 Å². The van der Waals surface area contributed by atoms with Crippen LogP contribution in [-0.2, 0) is 0 Å². The Kier molecular flexibility index (Phi) is 4.63. The third-order valence-corrected chi connectivity index (χ3v) is 4.38. The van der Waals surface area contributed by atoms with E-state index in [0.717, 1.165) is 42.8 Å². The van der Waals surface area contributed by atoms with E-state index in [4.69, 9.17) is 0 Å². The molecule has 22 heavy (non-hydrogen) atoms. The number of anilines is 2. The smallest absolute Gasteiger partial charge is 0.189 e. The molecule has 1 aromatic carbocycles. The lowest BCUT2D eigenvalue weighted by Gasteiger charge is -2.36. The van der Waals surface area contributed by atoms with Gasteiger partial charge in [-0.25, -0.2) is 9.97 Å². The summed E-state index contributed by atoms with van der Waals surface area (Å²) in [5.41, 5.74) is 2.18. The fourth-order valence-corrected chi connectivity index (χ4v) is 3.00. The highest BCUT2D eigenvalue weighted by atomic mass is 32.2. The maximum atomic E-state index is 4.63. The summed E-state index contributed by atoms with van der Waals surface area (Å²) >= 11 is 1.57. The van der Waals surface area contributed by atoms with Crippen molar-refractivity contribution in [3.63, 3.8) is 0 Å². The predicted molar refractivity (Wildman–Crippen MR) is 94.8 cm³/mol. The molecule has 1 fully saturated rings. The molecule has 1 aliphatic heterocycles. The molecule has 2 heterocycles. The Morgan fingerprint density at radius 1 is 1.05 bits per heavy atom. The topological polar surface area (TPSA) is 32.3 Å². The molecule has 0 spiro atoms. The van der Waals surface area contributed by atoms with Crippen molar-refractivity contribution >= 4 is 29.3 Å². The molecule has 1 aromatic heterocycles. The van der Waals surface area contributed by atoms with Gasteiger partial charge in [-0.15, -0.1) is 0 Å². The Balaban J connectivity index is 1.72. The SMILES string of the molecule is C=Cc1cc(N2CCN(c3ccccc3)CC2)nc(SC)n1. The van der Waals surface area contributed by atoms with Crippen molar-refractivity contribution in [1.29, 1.82) is 0 Å². The van der Waals surface area contributed by atoms with Crippen molar-refractivity contribution in [2.45, 2.75) is 5.16 Å². The van der Waals surface area contributed by atoms with Crippen molar-refractivity contribution < 1.29 is 0 Å². The van der Waals surface area contributed by atoms with E-state index in [0.29, 0.717) is 0 Å². The third kappa shape index (κ3) is 3.25. The Morgan fingerprint density at radius 3 is 2.36 bits per heavy atom. The van der Waals surface area contributed by atoms with Crippen molar-refractivity contribution in [2.24, 2.45) is 0 Å². The molecule has 114 valence electrons. The van der Waals surface area contributed by atoms with E-state index in [1.54, 1.807) is 17.8 Å². The normalized spacial score (nSPS) is 15.0. The number of para-hydroxylation sites is 1. The monoisotopic (exact) mass is 312 g/mol. The minimum absolute atomic E-state index is 0.804. The van der Waals surface area contributed by atoms with Gasteiger partial charge in [-0.05, 0) is 24.5 Å². The average molecular weight is 312 g/mol. The number of hydrogen-bond acceptors (Lipinski definition) is 5. The number of rotatable bonds is 4. The van der Waals surface area contributed by atoms with E-state index in [2.05, 4.69) is 56.7 Å². The molecular weight excluding hydrogens is 292 g/mol. The molecule has 0 radical (unpaired) electrons. The van der Waals surface area contributed by atoms with Crippen LogP contribution in [0.4, 0.5) is 11.5 Å². The van der Waals surface area contributed by atoms with E-state index in [-0.39, 0.29) is 0 Å². The number of piperazine rings is 1. The Hall–Kier alpha value is -2.01. The quantitative estimate of drug-likeness (QED) is 0.639. The molecule has 1 aliphatic rings. The zero-order chi connectivity index (χ0) is 15.4. The molecule has 5 heteroatoms. The summed E-state index contributed by atoms with van der Waals surface area (Å²) < 4.78 is 0. The molecule has 1 saturated heterocycles. The zero-order valence-corrected chi connectivity index (χ0v) is 13.6. The summed E-state index contributed by atoms with van der Waals surface area (Å²) in [6.07, 6.45) is 3.78. The second-order valence-electron chi connectivity index (χ2n) is 5.15. The fourth-order valence-electron chi connectivity index (χ4n) is 2.62. The first-order valence-electron chi connectivity index (χ1n) is 7.40. The van der Waals surface area contributed by atoms with E-state index >= 15 is 0 Å². The maximum absolute atomic E-state index is 4.63. The molecule has 0 bridgehead atoms. The van der Waals surface area contributed by atoms with Crippen LogP contribution in [0.2, 0.25) is 0 Å². The second kappa shape index (κ2) is 6.83. The van der Waals surface area contributed by atoms with E-state index in [9.17, 15) is 0 Å². The van der Waals surface area contributed by atoms with Crippen molar-refractivity contribution in [3.8, 4) is 0 Å². The van der Waals surface area contributed by atoms with Gasteiger partial charge < -0.3 is 9.80 Å². The van der Waals surface area contributed by atoms with Crippen LogP contribution in [0, 0.1) is 0 Å². The van der Waals surface area contributed by atoms with Gasteiger partial charge in [0.05, 0.1) is 5.69 Å². The lowest BCUT2D eigenvalue weighted by Crippen LogP contribution is -2.46. The van der Waals surface area contributed by atoms with Crippen LogP contribution >= 0.6 is 11.8 Å². The standard InChI is InChI=1S/C17H20N4S/c1-3-14-13-16(19-17(18-14)22-2)21-11-9-20(10-12-21)15-7-5-4-6-8-15/h3-8,13H,1,9-12H2,2H3. The number of aromatic nitrogens is 2. The molecule has 4 nitrogen and oxygen atoms in total. The minimum atomic E-state index is 0.804. The van der Waals surface area contributed by atoms with Crippen molar-refractivity contribution in [3.05, 3.63) is 48.7 Å². The van der Waals surface area contributed by atoms with Crippen LogP contribution in [0.3, 0.4) is 0 Å². The van der Waals surface area contributed by atoms with Gasteiger partial charge in [0.1, 0.15) is 5.82 Å². The van der Waals surface area contributed by atoms with Crippen LogP contribution in [0.15, 0.2) is 48.1 Å². The summed E-state index contributed by atoms with van der Waals surface area (Å²) in [4.78, 5) is 13.8. The molecule has 0 unspecified atom stereocenters. The lowest BCUT2D eigenvalue weighted by molar-refractivity contribution is 0.643. The Bertz CT molecular complexity index is 636. The fraction of sp³-hybridized carbons (Fsp3) is 0.294. The highest BCUT2D eigenvalue weighted by molar-refractivity contribution is 7.98. The van der Waals surface area contributed by atoms with Gasteiger partial charge in [0.2, 0.25) is 0 Å². The number of benzene rings is 1. The molecule has 0 saturated carbocycles. The highest BCUT2D eigenvalue weighted by Gasteiger charge is 2.19. The van der Waals surface area contributed by atoms with Gasteiger partial charge in [-0.2, -0.15) is 0 Å². The first kappa shape index (κ1) is 14.9. The van der Waals surface area contributed by atoms with E-state index < -0.39 is 0 Å². The summed E-state index contributed by atoms with van der Waals surface area (Å²) in [7, 11) is 0. The Labute approximate surface area is 135 Å². The van der Waals surface area contributed by atoms with Crippen molar-refractivity contribution in [2.75, 3.05) is 42.2 Å². The first-order chi connectivity index (χ1) is 10.8. The number of hydrogen-bond donors (Lipinski definition) is 0. The Morgan fingerprint density at radius 2 is 1.73 bits per heavy atom. The number of thioether (sulfide) groups is 1. The van der Waals surface area contributed by atoms with Gasteiger partial charge in [-0.3, -0.25) is 0 Å². The van der Waals surface area contributed by atoms with E-state index in [1.807, 2.05) is 12.3 Å². The molecule has 0 amide bonds. The predicted octanol–water partition coefficient (Wildman–Crippen LogP) is 3.17. The van der Waals surface area contributed by atoms with Crippen LogP contribution < -0.4 is 9.80 Å². The highest BCUT2D eigenvalue weighted by Crippen LogP contribution is 2.21. The third-order valence-electron chi connectivity index (χ3n) is 3.83. The van der Waals surface area contributed by atoms with Gasteiger partial charge in [0.15, 0.2) is 5.16 Å². The minimum Gasteiger partial charge on any atom is -0.368 e. The average Bonchev–Trinajstić information content (AvgIpc) is 2.62. The van der Waals surface area contributed by atoms with Gasteiger partial charge in [-0.1, -0.05) is 36.5 Å². The summed E-state index contributed by atoms with van der Waals surface area (Å²) in [6.45, 7) is 7.77. The first-order valence-corrected chi connectivity index (χ1v) is 8.63. The molecule has 0 aliphatic carbocycles. The molecular formula is C17H20N4S. The van der Waals surface area contributed by atoms with Crippen molar-refractivity contribution in [1.82, 2.24) is 9.97 Å². The van der Waals surface area contributed by atoms with Crippen LogP contribution in [0.1, 0.15) is 5.69 Å². The van der Waals surface area contributed by atoms with Gasteiger partial charge in [0.25, 0.3) is 0 Å². The molecule has 0 atom stereocenters. The zero-order valence-electron chi connectivity index (χ0n) is 12.8. The van der Waals surface area contributed by atoms with Gasteiger partial charge in [0, 0.05) is 37.9 Å². The summed E-state index contributed by atoms with van der Waals surface area (Å²) in [6, 6.07) is 12.6. The van der Waals surface area contributed by atoms with Crippen LogP contribution in [0.25, 0.3) is 6.08 Å².